The molecule has 1 saturated carbocycles. The molecule has 132 valence electrons. The quantitative estimate of drug-likeness (QED) is 0.907. The lowest BCUT2D eigenvalue weighted by Gasteiger charge is -2.44. The number of rotatable bonds is 4. The van der Waals surface area contributed by atoms with Crippen molar-refractivity contribution in [1.82, 2.24) is 9.88 Å². The summed E-state index contributed by atoms with van der Waals surface area (Å²) in [5.74, 6) is 0.838. The van der Waals surface area contributed by atoms with E-state index in [1.807, 2.05) is 6.20 Å². The summed E-state index contributed by atoms with van der Waals surface area (Å²) < 4.78 is 5.42. The number of carbonyl (C=O) groups excluding carboxylic acids is 1. The van der Waals surface area contributed by atoms with Gasteiger partial charge in [-0.2, -0.15) is 0 Å². The summed E-state index contributed by atoms with van der Waals surface area (Å²) >= 11 is 1.64. The van der Waals surface area contributed by atoms with E-state index in [0.717, 1.165) is 50.3 Å². The molecule has 3 aliphatic rings. The molecule has 1 N–H and O–H groups in total. The second-order valence-corrected chi connectivity index (χ2v) is 8.45. The summed E-state index contributed by atoms with van der Waals surface area (Å²) in [6.45, 7) is 3.52. The number of carbonyl (C=O) groups is 1. The summed E-state index contributed by atoms with van der Waals surface area (Å²) in [5, 5.41) is 3.80. The number of hydrogen-bond donors (Lipinski definition) is 1. The molecule has 1 aromatic heterocycles. The second kappa shape index (κ2) is 7.50. The number of amides is 1. The van der Waals surface area contributed by atoms with Crippen molar-refractivity contribution in [2.45, 2.75) is 56.9 Å². The van der Waals surface area contributed by atoms with Crippen LogP contribution in [0.1, 0.15) is 55.7 Å². The molecule has 0 atom stereocenters. The normalized spacial score (nSPS) is 24.7. The van der Waals surface area contributed by atoms with Crippen molar-refractivity contribution in [3.8, 4) is 0 Å². The zero-order valence-corrected chi connectivity index (χ0v) is 15.0. The Morgan fingerprint density at radius 3 is 2.67 bits per heavy atom. The molecule has 1 aliphatic carbocycles. The minimum absolute atomic E-state index is 0.141. The van der Waals surface area contributed by atoms with Crippen LogP contribution in [0.5, 0.6) is 0 Å². The summed E-state index contributed by atoms with van der Waals surface area (Å²) in [6, 6.07) is 0.725. The Hall–Kier alpha value is -0.980. The fourth-order valence-electron chi connectivity index (χ4n) is 4.15. The molecule has 3 heterocycles. The number of thiazole rings is 1. The molecule has 2 saturated heterocycles. The van der Waals surface area contributed by atoms with Crippen LogP contribution >= 0.6 is 11.3 Å². The molecule has 3 fully saturated rings. The van der Waals surface area contributed by atoms with Crippen molar-refractivity contribution in [2.24, 2.45) is 5.92 Å². The van der Waals surface area contributed by atoms with Gasteiger partial charge in [0.2, 0.25) is 5.91 Å². The molecule has 0 radical (unpaired) electrons. The van der Waals surface area contributed by atoms with Crippen LogP contribution in [-0.4, -0.2) is 48.1 Å². The molecule has 1 amide bonds. The predicted molar refractivity (Wildman–Crippen MR) is 95.5 cm³/mol. The molecule has 2 aliphatic heterocycles. The highest BCUT2D eigenvalue weighted by atomic mass is 32.1. The Morgan fingerprint density at radius 1 is 1.17 bits per heavy atom. The first-order valence-electron chi connectivity index (χ1n) is 9.38. The average Bonchev–Trinajstić information content (AvgIpc) is 3.04. The molecule has 5 nitrogen and oxygen atoms in total. The topological polar surface area (TPSA) is 54.5 Å². The second-order valence-electron chi connectivity index (χ2n) is 7.39. The smallest absolute Gasteiger partial charge is 0.231 e. The summed E-state index contributed by atoms with van der Waals surface area (Å²) in [6.07, 6.45) is 10.8. The van der Waals surface area contributed by atoms with Gasteiger partial charge in [0.05, 0.1) is 5.92 Å². The Morgan fingerprint density at radius 2 is 1.92 bits per heavy atom. The van der Waals surface area contributed by atoms with Crippen LogP contribution in [0.4, 0.5) is 5.13 Å². The maximum absolute atomic E-state index is 12.4. The highest BCUT2D eigenvalue weighted by Gasteiger charge is 2.37. The van der Waals surface area contributed by atoms with Gasteiger partial charge in [0.1, 0.15) is 0 Å². The minimum Gasteiger partial charge on any atom is -0.381 e. The average molecular weight is 350 g/mol. The van der Waals surface area contributed by atoms with Gasteiger partial charge in [0.25, 0.3) is 0 Å². The van der Waals surface area contributed by atoms with E-state index in [-0.39, 0.29) is 11.8 Å². The highest BCUT2D eigenvalue weighted by molar-refractivity contribution is 7.15. The number of aromatic nitrogens is 1. The van der Waals surface area contributed by atoms with E-state index in [9.17, 15) is 4.79 Å². The van der Waals surface area contributed by atoms with Crippen LogP contribution in [0, 0.1) is 5.92 Å². The van der Waals surface area contributed by atoms with Crippen LogP contribution < -0.4 is 5.32 Å². The van der Waals surface area contributed by atoms with Gasteiger partial charge in [-0.1, -0.05) is 19.3 Å². The Kier molecular flexibility index (Phi) is 5.15. The number of anilines is 1. The minimum atomic E-state index is 0.141. The molecule has 0 aromatic carbocycles. The van der Waals surface area contributed by atoms with E-state index in [2.05, 4.69) is 15.2 Å². The Bertz CT molecular complexity index is 558. The van der Waals surface area contributed by atoms with E-state index in [0.29, 0.717) is 5.92 Å². The molecular formula is C18H27N3O2S. The highest BCUT2D eigenvalue weighted by Crippen LogP contribution is 2.33. The Labute approximate surface area is 147 Å². The van der Waals surface area contributed by atoms with Crippen LogP contribution in [0.25, 0.3) is 0 Å². The summed E-state index contributed by atoms with van der Waals surface area (Å²) in [7, 11) is 0. The van der Waals surface area contributed by atoms with Gasteiger partial charge in [-0.05, 0) is 31.6 Å². The fourth-order valence-corrected chi connectivity index (χ4v) is 5.13. The molecular weight excluding hydrogens is 322 g/mol. The number of nitrogens with zero attached hydrogens (tertiary/aromatic N) is 2. The monoisotopic (exact) mass is 349 g/mol. The van der Waals surface area contributed by atoms with Crippen molar-refractivity contribution < 1.29 is 9.53 Å². The fraction of sp³-hybridized carbons (Fsp3) is 0.778. The maximum Gasteiger partial charge on any atom is 0.231 e. The SMILES string of the molecule is O=C(Nc1ncc(C2CCOCC2)s1)C1CN(C2CCCCC2)C1. The van der Waals surface area contributed by atoms with Gasteiger partial charge in [-0.25, -0.2) is 4.98 Å². The lowest BCUT2D eigenvalue weighted by molar-refractivity contribution is -0.126. The van der Waals surface area contributed by atoms with Gasteiger partial charge in [0.15, 0.2) is 5.13 Å². The first-order chi connectivity index (χ1) is 11.8. The third-order valence-electron chi connectivity index (χ3n) is 5.75. The first kappa shape index (κ1) is 16.5. The van der Waals surface area contributed by atoms with Crippen molar-refractivity contribution in [3.63, 3.8) is 0 Å². The number of ether oxygens (including phenoxy) is 1. The van der Waals surface area contributed by atoms with E-state index in [1.165, 1.54) is 37.0 Å². The summed E-state index contributed by atoms with van der Waals surface area (Å²) in [4.78, 5) is 20.6. The van der Waals surface area contributed by atoms with E-state index < -0.39 is 0 Å². The number of hydrogen-bond acceptors (Lipinski definition) is 5. The van der Waals surface area contributed by atoms with Gasteiger partial charge in [-0.15, -0.1) is 11.3 Å². The molecule has 0 spiro atoms. The van der Waals surface area contributed by atoms with Gasteiger partial charge < -0.3 is 10.1 Å². The predicted octanol–water partition coefficient (Wildman–Crippen LogP) is 3.24. The molecule has 6 heteroatoms. The van der Waals surface area contributed by atoms with Crippen LogP contribution in [0.2, 0.25) is 0 Å². The number of likely N-dealkylation sites (tertiary alicyclic amines) is 1. The van der Waals surface area contributed by atoms with Gasteiger partial charge >= 0.3 is 0 Å². The van der Waals surface area contributed by atoms with Crippen molar-refractivity contribution in [3.05, 3.63) is 11.1 Å². The van der Waals surface area contributed by atoms with E-state index in [4.69, 9.17) is 4.74 Å². The van der Waals surface area contributed by atoms with Crippen molar-refractivity contribution in [1.29, 1.82) is 0 Å². The molecule has 1 aromatic rings. The summed E-state index contributed by atoms with van der Waals surface area (Å²) in [5.41, 5.74) is 0. The first-order valence-corrected chi connectivity index (χ1v) is 10.2. The molecule has 24 heavy (non-hydrogen) atoms. The molecule has 4 rings (SSSR count). The van der Waals surface area contributed by atoms with Crippen LogP contribution in [-0.2, 0) is 9.53 Å². The third-order valence-corrected chi connectivity index (χ3v) is 6.82. The molecule has 0 bridgehead atoms. The number of nitrogens with one attached hydrogen (secondary N) is 1. The van der Waals surface area contributed by atoms with Crippen LogP contribution in [0.15, 0.2) is 6.20 Å². The standard InChI is InChI=1S/C18H27N3O2S/c22-17(14-11-21(12-14)15-4-2-1-3-5-15)20-18-19-10-16(24-18)13-6-8-23-9-7-13/h10,13-15H,1-9,11-12H2,(H,19,20,22). The zero-order chi connectivity index (χ0) is 16.4. The van der Waals surface area contributed by atoms with Crippen LogP contribution in [0.3, 0.4) is 0 Å². The lowest BCUT2D eigenvalue weighted by Crippen LogP contribution is -2.56. The van der Waals surface area contributed by atoms with Gasteiger partial charge in [-0.3, -0.25) is 9.69 Å². The lowest BCUT2D eigenvalue weighted by atomic mass is 9.89. The molecule has 0 unspecified atom stereocenters. The zero-order valence-electron chi connectivity index (χ0n) is 14.2. The third kappa shape index (κ3) is 3.65. The maximum atomic E-state index is 12.4. The largest absolute Gasteiger partial charge is 0.381 e. The van der Waals surface area contributed by atoms with E-state index in [1.54, 1.807) is 11.3 Å². The Balaban J connectivity index is 1.25. The van der Waals surface area contributed by atoms with Gasteiger partial charge in [0, 0.05) is 43.4 Å². The van der Waals surface area contributed by atoms with Crippen molar-refractivity contribution in [2.75, 3.05) is 31.6 Å². The van der Waals surface area contributed by atoms with Crippen molar-refractivity contribution >= 4 is 22.4 Å². The van der Waals surface area contributed by atoms with E-state index >= 15 is 0 Å².